The molecule has 0 atom stereocenters. The van der Waals surface area contributed by atoms with E-state index in [0.29, 0.717) is 13.1 Å². The molecule has 9 heteroatoms. The summed E-state index contributed by atoms with van der Waals surface area (Å²) in [6.45, 7) is 4.52. The van der Waals surface area contributed by atoms with Crippen molar-refractivity contribution in [3.05, 3.63) is 6.20 Å². The Morgan fingerprint density at radius 3 is 2.42 bits per heavy atom. The Kier molecular flexibility index (Phi) is 4.90. The molecule has 0 fully saturated rings. The number of aromatic amines is 1. The van der Waals surface area contributed by atoms with E-state index in [2.05, 4.69) is 10.2 Å². The number of anilines is 1. The standard InChI is InChI=1S/C10H19N5O3S/c1-4-15(5-2)9(16)7-14(3)19(17,18)8-6-12-13-10(8)11/h6H,4-5,7H2,1-3H3,(H3,11,12,13). The molecule has 0 aliphatic heterocycles. The minimum Gasteiger partial charge on any atom is -0.383 e. The lowest BCUT2D eigenvalue weighted by molar-refractivity contribution is -0.130. The third kappa shape index (κ3) is 3.24. The fraction of sp³-hybridized carbons (Fsp3) is 0.600. The average Bonchev–Trinajstić information content (AvgIpc) is 2.77. The first-order valence-electron chi connectivity index (χ1n) is 5.87. The number of nitrogens with two attached hydrogens (primary N) is 1. The van der Waals surface area contributed by atoms with Crippen LogP contribution in [0.4, 0.5) is 5.82 Å². The molecule has 0 saturated carbocycles. The van der Waals surface area contributed by atoms with Crippen LogP contribution in [0.25, 0.3) is 0 Å². The summed E-state index contributed by atoms with van der Waals surface area (Å²) in [5.74, 6) is -0.291. The van der Waals surface area contributed by atoms with E-state index in [1.165, 1.54) is 7.05 Å². The Balaban J connectivity index is 2.87. The molecule has 0 saturated heterocycles. The van der Waals surface area contributed by atoms with E-state index in [9.17, 15) is 13.2 Å². The van der Waals surface area contributed by atoms with Gasteiger partial charge >= 0.3 is 0 Å². The Hall–Kier alpha value is -1.61. The number of hydrogen-bond acceptors (Lipinski definition) is 5. The van der Waals surface area contributed by atoms with Crippen molar-refractivity contribution in [1.82, 2.24) is 19.4 Å². The van der Waals surface area contributed by atoms with Gasteiger partial charge in [0.25, 0.3) is 0 Å². The van der Waals surface area contributed by atoms with Gasteiger partial charge in [-0.25, -0.2) is 8.42 Å². The van der Waals surface area contributed by atoms with Gasteiger partial charge in [0.1, 0.15) is 10.7 Å². The molecule has 0 aliphatic rings. The number of nitrogen functional groups attached to an aromatic ring is 1. The number of carbonyl (C=O) groups excluding carboxylic acids is 1. The molecule has 0 unspecified atom stereocenters. The molecule has 1 aromatic heterocycles. The summed E-state index contributed by atoms with van der Waals surface area (Å²) in [5, 5.41) is 5.92. The second-order valence-corrected chi connectivity index (χ2v) is 5.99. The van der Waals surface area contributed by atoms with E-state index < -0.39 is 10.0 Å². The van der Waals surface area contributed by atoms with Gasteiger partial charge in [-0.05, 0) is 13.8 Å². The van der Waals surface area contributed by atoms with E-state index in [1.54, 1.807) is 4.90 Å². The smallest absolute Gasteiger partial charge is 0.248 e. The molecule has 1 aromatic rings. The van der Waals surface area contributed by atoms with Gasteiger partial charge in [0.05, 0.1) is 12.7 Å². The lowest BCUT2D eigenvalue weighted by atomic mass is 10.4. The number of nitrogens with zero attached hydrogens (tertiary/aromatic N) is 3. The minimum absolute atomic E-state index is 0.0397. The van der Waals surface area contributed by atoms with Crippen LogP contribution in [0.5, 0.6) is 0 Å². The lowest BCUT2D eigenvalue weighted by Gasteiger charge is -2.22. The molecular formula is C10H19N5O3S. The minimum atomic E-state index is -3.80. The first-order valence-corrected chi connectivity index (χ1v) is 7.31. The average molecular weight is 289 g/mol. The molecule has 0 aliphatic carbocycles. The van der Waals surface area contributed by atoms with Crippen LogP contribution >= 0.6 is 0 Å². The highest BCUT2D eigenvalue weighted by atomic mass is 32.2. The molecule has 1 rings (SSSR count). The molecule has 108 valence electrons. The molecule has 8 nitrogen and oxygen atoms in total. The fourth-order valence-corrected chi connectivity index (χ4v) is 2.74. The summed E-state index contributed by atoms with van der Waals surface area (Å²) in [6, 6.07) is 0. The van der Waals surface area contributed by atoms with Gasteiger partial charge in [-0.3, -0.25) is 9.89 Å². The molecule has 0 radical (unpaired) electrons. The van der Waals surface area contributed by atoms with Gasteiger partial charge in [0.2, 0.25) is 15.9 Å². The third-order valence-corrected chi connectivity index (χ3v) is 4.63. The molecule has 1 heterocycles. The predicted molar refractivity (Wildman–Crippen MR) is 70.7 cm³/mol. The zero-order valence-electron chi connectivity index (χ0n) is 11.3. The second-order valence-electron chi connectivity index (χ2n) is 3.98. The van der Waals surface area contributed by atoms with Crippen LogP contribution in [0.1, 0.15) is 13.8 Å². The third-order valence-electron chi connectivity index (χ3n) is 2.79. The predicted octanol–water partition coefficient (Wildman–Crippen LogP) is -0.519. The normalized spacial score (nSPS) is 11.8. The molecular weight excluding hydrogens is 270 g/mol. The number of aromatic nitrogens is 2. The Morgan fingerprint density at radius 2 is 2.00 bits per heavy atom. The van der Waals surface area contributed by atoms with Crippen molar-refractivity contribution in [3.8, 4) is 0 Å². The van der Waals surface area contributed by atoms with Gasteiger partial charge in [0.15, 0.2) is 0 Å². The van der Waals surface area contributed by atoms with Crippen LogP contribution in [0.2, 0.25) is 0 Å². The molecule has 0 spiro atoms. The number of hydrogen-bond donors (Lipinski definition) is 2. The first-order chi connectivity index (χ1) is 8.84. The maximum Gasteiger partial charge on any atom is 0.248 e. The lowest BCUT2D eigenvalue weighted by Crippen LogP contribution is -2.41. The van der Waals surface area contributed by atoms with Crippen molar-refractivity contribution in [2.75, 3.05) is 32.4 Å². The van der Waals surface area contributed by atoms with Crippen molar-refractivity contribution in [1.29, 1.82) is 0 Å². The molecule has 0 bridgehead atoms. The van der Waals surface area contributed by atoms with Crippen molar-refractivity contribution >= 4 is 21.7 Å². The molecule has 19 heavy (non-hydrogen) atoms. The van der Waals surface area contributed by atoms with Crippen LogP contribution in [-0.2, 0) is 14.8 Å². The van der Waals surface area contributed by atoms with E-state index >= 15 is 0 Å². The van der Waals surface area contributed by atoms with Crippen LogP contribution in [0.3, 0.4) is 0 Å². The zero-order chi connectivity index (χ0) is 14.6. The molecule has 0 aromatic carbocycles. The van der Waals surface area contributed by atoms with Gasteiger partial charge < -0.3 is 10.6 Å². The number of likely N-dealkylation sites (N-methyl/N-ethyl adjacent to an activating group) is 2. The Bertz CT molecular complexity index is 535. The maximum absolute atomic E-state index is 12.2. The zero-order valence-corrected chi connectivity index (χ0v) is 12.1. The van der Waals surface area contributed by atoms with Crippen molar-refractivity contribution < 1.29 is 13.2 Å². The first kappa shape index (κ1) is 15.4. The quantitative estimate of drug-likeness (QED) is 0.732. The van der Waals surface area contributed by atoms with Crippen molar-refractivity contribution in [3.63, 3.8) is 0 Å². The van der Waals surface area contributed by atoms with Crippen molar-refractivity contribution in [2.45, 2.75) is 18.7 Å². The fourth-order valence-electron chi connectivity index (χ4n) is 1.61. The summed E-state index contributed by atoms with van der Waals surface area (Å²) in [7, 11) is -2.47. The number of nitrogens with one attached hydrogen (secondary N) is 1. The molecule has 3 N–H and O–H groups in total. The monoisotopic (exact) mass is 289 g/mol. The summed E-state index contributed by atoms with van der Waals surface area (Å²) >= 11 is 0. The summed E-state index contributed by atoms with van der Waals surface area (Å²) in [6.07, 6.45) is 1.13. The van der Waals surface area contributed by atoms with E-state index in [1.807, 2.05) is 13.8 Å². The Morgan fingerprint density at radius 1 is 1.42 bits per heavy atom. The van der Waals surface area contributed by atoms with Crippen LogP contribution < -0.4 is 5.73 Å². The van der Waals surface area contributed by atoms with Crippen molar-refractivity contribution in [2.24, 2.45) is 0 Å². The topological polar surface area (TPSA) is 112 Å². The van der Waals surface area contributed by atoms with Gasteiger partial charge in [0, 0.05) is 20.1 Å². The van der Waals surface area contributed by atoms with Crippen LogP contribution in [0.15, 0.2) is 11.1 Å². The highest BCUT2D eigenvalue weighted by Crippen LogP contribution is 2.18. The van der Waals surface area contributed by atoms with Gasteiger partial charge in [-0.2, -0.15) is 9.40 Å². The van der Waals surface area contributed by atoms with E-state index in [-0.39, 0.29) is 23.2 Å². The largest absolute Gasteiger partial charge is 0.383 e. The van der Waals surface area contributed by atoms with E-state index in [0.717, 1.165) is 10.5 Å². The summed E-state index contributed by atoms with van der Waals surface area (Å²) in [5.41, 5.74) is 5.49. The van der Waals surface area contributed by atoms with Crippen LogP contribution in [-0.4, -0.2) is 60.4 Å². The highest BCUT2D eigenvalue weighted by molar-refractivity contribution is 7.89. The van der Waals surface area contributed by atoms with Gasteiger partial charge in [-0.1, -0.05) is 0 Å². The highest BCUT2D eigenvalue weighted by Gasteiger charge is 2.27. The Labute approximate surface area is 112 Å². The van der Waals surface area contributed by atoms with Gasteiger partial charge in [-0.15, -0.1) is 0 Å². The van der Waals surface area contributed by atoms with Crippen LogP contribution in [0, 0.1) is 0 Å². The summed E-state index contributed by atoms with van der Waals surface area (Å²) < 4.78 is 25.3. The number of H-pyrrole nitrogens is 1. The molecule has 1 amide bonds. The maximum atomic E-state index is 12.2. The number of amides is 1. The second kappa shape index (κ2) is 6.02. The SMILES string of the molecule is CCN(CC)C(=O)CN(C)S(=O)(=O)c1cn[nH]c1N. The van der Waals surface area contributed by atoms with E-state index in [4.69, 9.17) is 5.73 Å². The number of rotatable bonds is 6. The number of carbonyl (C=O) groups is 1. The summed E-state index contributed by atoms with van der Waals surface area (Å²) in [4.78, 5) is 13.3. The number of sulfonamides is 1.